The maximum absolute atomic E-state index is 12.4. The Balaban J connectivity index is 2.18. The molecule has 2 aromatic rings. The highest BCUT2D eigenvalue weighted by Gasteiger charge is 2.23. The number of nitrogens with zero attached hydrogens (tertiary/aromatic N) is 4. The fourth-order valence-electron chi connectivity index (χ4n) is 1.64. The summed E-state index contributed by atoms with van der Waals surface area (Å²) < 4.78 is 26.2. The lowest BCUT2D eigenvalue weighted by Crippen LogP contribution is -2.26. The van der Waals surface area contributed by atoms with Crippen LogP contribution in [0.15, 0.2) is 22.8 Å². The fraction of sp³-hybridized carbons (Fsp3) is 0.417. The number of hydrogen-bond acceptors (Lipinski definition) is 7. The van der Waals surface area contributed by atoms with Crippen LogP contribution in [0.25, 0.3) is 0 Å². The standard InChI is InChI=1S/C12H17N5O2S2/c1-4-13-12-14-5-10(6-15-12)21(18,19)17(3)7-11-9(2)16-8-20-11/h5-6,8H,4,7H2,1-3H3,(H,13,14,15). The zero-order valence-electron chi connectivity index (χ0n) is 12.1. The molecule has 2 heterocycles. The van der Waals surface area contributed by atoms with Gasteiger partial charge in [-0.05, 0) is 13.8 Å². The Morgan fingerprint density at radius 2 is 1.95 bits per heavy atom. The Morgan fingerprint density at radius 1 is 1.29 bits per heavy atom. The predicted octanol–water partition coefficient (Wildman–Crippen LogP) is 1.49. The minimum Gasteiger partial charge on any atom is -0.355 e. The van der Waals surface area contributed by atoms with Crippen molar-refractivity contribution in [2.75, 3.05) is 18.9 Å². The van der Waals surface area contributed by atoms with Crippen molar-refractivity contribution in [1.29, 1.82) is 0 Å². The second-order valence-corrected chi connectivity index (χ2v) is 7.38. The largest absolute Gasteiger partial charge is 0.355 e. The first-order valence-electron chi connectivity index (χ1n) is 6.36. The average molecular weight is 327 g/mol. The SMILES string of the molecule is CCNc1ncc(S(=O)(=O)N(C)Cc2scnc2C)cn1. The van der Waals surface area contributed by atoms with Crippen LogP contribution in [-0.4, -0.2) is 41.3 Å². The maximum Gasteiger partial charge on any atom is 0.246 e. The molecule has 0 unspecified atom stereocenters. The van der Waals surface area contributed by atoms with Crippen LogP contribution in [0.3, 0.4) is 0 Å². The third kappa shape index (κ3) is 3.55. The van der Waals surface area contributed by atoms with Crippen molar-refractivity contribution < 1.29 is 8.42 Å². The first-order valence-corrected chi connectivity index (χ1v) is 8.68. The summed E-state index contributed by atoms with van der Waals surface area (Å²) in [5.74, 6) is 0.414. The van der Waals surface area contributed by atoms with Gasteiger partial charge < -0.3 is 5.32 Å². The smallest absolute Gasteiger partial charge is 0.246 e. The van der Waals surface area contributed by atoms with Crippen molar-refractivity contribution in [2.45, 2.75) is 25.3 Å². The quantitative estimate of drug-likeness (QED) is 0.865. The highest BCUT2D eigenvalue weighted by Crippen LogP contribution is 2.19. The summed E-state index contributed by atoms with van der Waals surface area (Å²) in [6.07, 6.45) is 2.63. The van der Waals surface area contributed by atoms with Crippen molar-refractivity contribution in [1.82, 2.24) is 19.3 Å². The summed E-state index contributed by atoms with van der Waals surface area (Å²) in [4.78, 5) is 13.1. The van der Waals surface area contributed by atoms with E-state index in [4.69, 9.17) is 0 Å². The molecule has 21 heavy (non-hydrogen) atoms. The van der Waals surface area contributed by atoms with E-state index in [1.807, 2.05) is 13.8 Å². The van der Waals surface area contributed by atoms with Crippen LogP contribution in [0.2, 0.25) is 0 Å². The molecule has 1 N–H and O–H groups in total. The van der Waals surface area contributed by atoms with Crippen LogP contribution in [-0.2, 0) is 16.6 Å². The number of aromatic nitrogens is 3. The normalized spacial score (nSPS) is 11.8. The van der Waals surface area contributed by atoms with Crippen LogP contribution >= 0.6 is 11.3 Å². The Labute approximate surface area is 128 Å². The first-order chi connectivity index (χ1) is 9.95. The van der Waals surface area contributed by atoms with Crippen molar-refractivity contribution in [3.05, 3.63) is 28.5 Å². The van der Waals surface area contributed by atoms with E-state index in [2.05, 4.69) is 20.3 Å². The molecule has 114 valence electrons. The number of thiazole rings is 1. The molecular weight excluding hydrogens is 310 g/mol. The van der Waals surface area contributed by atoms with Crippen LogP contribution in [0, 0.1) is 6.92 Å². The van der Waals surface area contributed by atoms with E-state index in [9.17, 15) is 8.42 Å². The molecule has 0 atom stereocenters. The molecule has 0 aliphatic heterocycles. The van der Waals surface area contributed by atoms with Gasteiger partial charge in [-0.1, -0.05) is 0 Å². The van der Waals surface area contributed by atoms with Gasteiger partial charge in [0.15, 0.2) is 0 Å². The van der Waals surface area contributed by atoms with Crippen molar-refractivity contribution >= 4 is 27.3 Å². The van der Waals surface area contributed by atoms with Gasteiger partial charge in [0.25, 0.3) is 0 Å². The summed E-state index contributed by atoms with van der Waals surface area (Å²) >= 11 is 1.44. The number of aryl methyl sites for hydroxylation is 1. The topological polar surface area (TPSA) is 88.1 Å². The zero-order valence-corrected chi connectivity index (χ0v) is 13.7. The Hall–Kier alpha value is -1.58. The summed E-state index contributed by atoms with van der Waals surface area (Å²) in [5, 5.41) is 2.92. The lowest BCUT2D eigenvalue weighted by Gasteiger charge is -2.16. The minimum absolute atomic E-state index is 0.0776. The zero-order chi connectivity index (χ0) is 15.5. The average Bonchev–Trinajstić information content (AvgIpc) is 2.85. The van der Waals surface area contributed by atoms with Crippen LogP contribution in [0.1, 0.15) is 17.5 Å². The second kappa shape index (κ2) is 6.46. The molecule has 9 heteroatoms. The van der Waals surface area contributed by atoms with E-state index >= 15 is 0 Å². The number of hydrogen-bond donors (Lipinski definition) is 1. The number of rotatable bonds is 6. The third-order valence-corrected chi connectivity index (χ3v) is 5.56. The molecular formula is C12H17N5O2S2. The monoisotopic (exact) mass is 327 g/mol. The van der Waals surface area contributed by atoms with Gasteiger partial charge in [0, 0.05) is 25.0 Å². The molecule has 2 rings (SSSR count). The number of anilines is 1. The number of sulfonamides is 1. The Kier molecular flexibility index (Phi) is 4.86. The summed E-state index contributed by atoms with van der Waals surface area (Å²) in [6, 6.07) is 0. The first kappa shape index (κ1) is 15.8. The van der Waals surface area contributed by atoms with E-state index in [-0.39, 0.29) is 11.4 Å². The van der Waals surface area contributed by atoms with Crippen molar-refractivity contribution in [3.8, 4) is 0 Å². The molecule has 0 aromatic carbocycles. The summed E-state index contributed by atoms with van der Waals surface area (Å²) in [6.45, 7) is 4.74. The Bertz CT molecular complexity index is 697. The van der Waals surface area contributed by atoms with E-state index < -0.39 is 10.0 Å². The highest BCUT2D eigenvalue weighted by molar-refractivity contribution is 7.89. The number of nitrogens with one attached hydrogen (secondary N) is 1. The van der Waals surface area contributed by atoms with Crippen LogP contribution in [0.4, 0.5) is 5.95 Å². The van der Waals surface area contributed by atoms with Gasteiger partial charge in [-0.2, -0.15) is 4.31 Å². The molecule has 0 aliphatic rings. The molecule has 0 amide bonds. The molecule has 0 spiro atoms. The summed E-state index contributed by atoms with van der Waals surface area (Å²) in [5.41, 5.74) is 2.56. The van der Waals surface area contributed by atoms with E-state index in [1.165, 1.54) is 35.1 Å². The molecule has 0 bridgehead atoms. The summed E-state index contributed by atoms with van der Waals surface area (Å²) in [7, 11) is -2.07. The van der Waals surface area contributed by atoms with Crippen molar-refractivity contribution in [3.63, 3.8) is 0 Å². The molecule has 0 fully saturated rings. The lowest BCUT2D eigenvalue weighted by atomic mass is 10.4. The Morgan fingerprint density at radius 3 is 2.48 bits per heavy atom. The molecule has 7 nitrogen and oxygen atoms in total. The van der Waals surface area contributed by atoms with Gasteiger partial charge in [-0.15, -0.1) is 11.3 Å². The third-order valence-electron chi connectivity index (χ3n) is 2.88. The van der Waals surface area contributed by atoms with Gasteiger partial charge in [-0.25, -0.2) is 23.4 Å². The minimum atomic E-state index is -3.60. The highest BCUT2D eigenvalue weighted by atomic mass is 32.2. The van der Waals surface area contributed by atoms with Crippen LogP contribution in [0.5, 0.6) is 0 Å². The molecule has 0 saturated heterocycles. The fourth-order valence-corrected chi connectivity index (χ4v) is 3.59. The maximum atomic E-state index is 12.4. The molecule has 0 saturated carbocycles. The molecule has 0 aliphatic carbocycles. The van der Waals surface area contributed by atoms with Gasteiger partial charge in [-0.3, -0.25) is 0 Å². The van der Waals surface area contributed by atoms with E-state index in [0.717, 1.165) is 10.6 Å². The molecule has 0 radical (unpaired) electrons. The van der Waals surface area contributed by atoms with E-state index in [0.29, 0.717) is 12.5 Å². The predicted molar refractivity (Wildman–Crippen MR) is 81.7 cm³/mol. The molecule has 2 aromatic heterocycles. The van der Waals surface area contributed by atoms with Crippen LogP contribution < -0.4 is 5.32 Å². The lowest BCUT2D eigenvalue weighted by molar-refractivity contribution is 0.468. The van der Waals surface area contributed by atoms with Gasteiger partial charge in [0.05, 0.1) is 23.6 Å². The van der Waals surface area contributed by atoms with Crippen molar-refractivity contribution in [2.24, 2.45) is 0 Å². The van der Waals surface area contributed by atoms with Gasteiger partial charge >= 0.3 is 0 Å². The second-order valence-electron chi connectivity index (χ2n) is 4.39. The van der Waals surface area contributed by atoms with E-state index in [1.54, 1.807) is 5.51 Å². The van der Waals surface area contributed by atoms with Gasteiger partial charge in [0.1, 0.15) is 4.90 Å². The van der Waals surface area contributed by atoms with Gasteiger partial charge in [0.2, 0.25) is 16.0 Å².